The molecular formula is C14H18N4OS. The van der Waals surface area contributed by atoms with Crippen molar-refractivity contribution in [2.75, 3.05) is 22.9 Å². The van der Waals surface area contributed by atoms with Gasteiger partial charge in [-0.3, -0.25) is 4.79 Å². The molecule has 0 atom stereocenters. The summed E-state index contributed by atoms with van der Waals surface area (Å²) in [5.74, 6) is 0.0318. The number of aryl methyl sites for hydroxylation is 2. The number of carbonyl (C=O) groups is 1. The molecule has 0 aliphatic heterocycles. The van der Waals surface area contributed by atoms with E-state index in [0.717, 1.165) is 23.4 Å². The minimum atomic E-state index is -0.226. The highest BCUT2D eigenvalue weighted by Crippen LogP contribution is 2.26. The van der Waals surface area contributed by atoms with Crippen molar-refractivity contribution in [3.63, 3.8) is 0 Å². The summed E-state index contributed by atoms with van der Waals surface area (Å²) in [6, 6.07) is 5.88. The molecule has 0 aliphatic rings. The van der Waals surface area contributed by atoms with Crippen LogP contribution >= 0.6 is 11.3 Å². The summed E-state index contributed by atoms with van der Waals surface area (Å²) in [5.41, 5.74) is 8.76. The Balaban J connectivity index is 2.19. The third kappa shape index (κ3) is 3.08. The normalized spacial score (nSPS) is 10.3. The Morgan fingerprint density at radius 1 is 1.40 bits per heavy atom. The molecule has 1 aromatic heterocycles. The standard InChI is InChI=1S/C14H18N4OS/c1-4-16-14-18-12(15)11(20-14)13(19)17-10-6-5-8(2)7-9(10)3/h5-7H,4,15H2,1-3H3,(H,16,18)(H,17,19). The summed E-state index contributed by atoms with van der Waals surface area (Å²) >= 11 is 1.26. The van der Waals surface area contributed by atoms with Gasteiger partial charge in [-0.2, -0.15) is 0 Å². The van der Waals surface area contributed by atoms with Crippen molar-refractivity contribution in [1.29, 1.82) is 0 Å². The van der Waals surface area contributed by atoms with Crippen LogP contribution < -0.4 is 16.4 Å². The average molecular weight is 290 g/mol. The molecule has 1 amide bonds. The number of aromatic nitrogens is 1. The molecule has 0 saturated carbocycles. The van der Waals surface area contributed by atoms with Gasteiger partial charge in [0.2, 0.25) is 0 Å². The van der Waals surface area contributed by atoms with Gasteiger partial charge in [-0.05, 0) is 32.4 Å². The summed E-state index contributed by atoms with van der Waals surface area (Å²) in [6.07, 6.45) is 0. The first-order valence-corrected chi connectivity index (χ1v) is 7.21. The zero-order valence-corrected chi connectivity index (χ0v) is 12.6. The van der Waals surface area contributed by atoms with Gasteiger partial charge in [0, 0.05) is 12.2 Å². The number of rotatable bonds is 4. The summed E-state index contributed by atoms with van der Waals surface area (Å²) in [5, 5.41) is 6.59. The highest BCUT2D eigenvalue weighted by Gasteiger charge is 2.16. The van der Waals surface area contributed by atoms with Crippen LogP contribution in [-0.4, -0.2) is 17.4 Å². The van der Waals surface area contributed by atoms with Crippen LogP contribution in [0.5, 0.6) is 0 Å². The topological polar surface area (TPSA) is 80.0 Å². The van der Waals surface area contributed by atoms with Gasteiger partial charge in [0.1, 0.15) is 10.7 Å². The first-order chi connectivity index (χ1) is 9.51. The molecule has 1 aromatic carbocycles. The Labute approximate surface area is 122 Å². The smallest absolute Gasteiger partial charge is 0.269 e. The van der Waals surface area contributed by atoms with Gasteiger partial charge in [-0.1, -0.05) is 29.0 Å². The fourth-order valence-electron chi connectivity index (χ4n) is 1.85. The fourth-order valence-corrected chi connectivity index (χ4v) is 2.70. The molecule has 5 nitrogen and oxygen atoms in total. The SMILES string of the molecule is CCNc1nc(N)c(C(=O)Nc2ccc(C)cc2C)s1. The van der Waals surface area contributed by atoms with E-state index in [0.29, 0.717) is 10.0 Å². The molecule has 0 unspecified atom stereocenters. The number of benzene rings is 1. The van der Waals surface area contributed by atoms with Crippen molar-refractivity contribution >= 4 is 33.9 Å². The largest absolute Gasteiger partial charge is 0.382 e. The lowest BCUT2D eigenvalue weighted by atomic mass is 10.1. The highest BCUT2D eigenvalue weighted by molar-refractivity contribution is 7.18. The molecule has 0 bridgehead atoms. The van der Waals surface area contributed by atoms with Crippen LogP contribution in [0.15, 0.2) is 18.2 Å². The van der Waals surface area contributed by atoms with Crippen LogP contribution in [-0.2, 0) is 0 Å². The molecule has 0 aliphatic carbocycles. The quantitative estimate of drug-likeness (QED) is 0.808. The Morgan fingerprint density at radius 2 is 2.15 bits per heavy atom. The van der Waals surface area contributed by atoms with Gasteiger partial charge in [0.25, 0.3) is 5.91 Å². The number of nitrogens with one attached hydrogen (secondary N) is 2. The second-order valence-corrected chi connectivity index (χ2v) is 5.54. The predicted octanol–water partition coefficient (Wildman–Crippen LogP) is 3.03. The van der Waals surface area contributed by atoms with E-state index in [1.165, 1.54) is 11.3 Å². The van der Waals surface area contributed by atoms with Crippen LogP contribution in [0.3, 0.4) is 0 Å². The van der Waals surface area contributed by atoms with Crippen molar-refractivity contribution in [1.82, 2.24) is 4.98 Å². The molecule has 0 spiro atoms. The van der Waals surface area contributed by atoms with Crippen LogP contribution in [0.2, 0.25) is 0 Å². The van der Waals surface area contributed by atoms with E-state index in [1.807, 2.05) is 39.0 Å². The van der Waals surface area contributed by atoms with Crippen LogP contribution in [0.4, 0.5) is 16.6 Å². The zero-order chi connectivity index (χ0) is 14.7. The summed E-state index contributed by atoms with van der Waals surface area (Å²) < 4.78 is 0. The average Bonchev–Trinajstić information content (AvgIpc) is 2.74. The lowest BCUT2D eigenvalue weighted by Gasteiger charge is -2.08. The summed E-state index contributed by atoms with van der Waals surface area (Å²) in [7, 11) is 0. The Hall–Kier alpha value is -2.08. The van der Waals surface area contributed by atoms with Crippen molar-refractivity contribution in [3.8, 4) is 0 Å². The third-order valence-electron chi connectivity index (χ3n) is 2.82. The predicted molar refractivity (Wildman–Crippen MR) is 84.6 cm³/mol. The number of amides is 1. The van der Waals surface area contributed by atoms with Gasteiger partial charge in [0.05, 0.1) is 0 Å². The van der Waals surface area contributed by atoms with Gasteiger partial charge in [-0.25, -0.2) is 4.98 Å². The Kier molecular flexibility index (Phi) is 4.24. The van der Waals surface area contributed by atoms with Crippen molar-refractivity contribution < 1.29 is 4.79 Å². The first kappa shape index (κ1) is 14.3. The lowest BCUT2D eigenvalue weighted by molar-refractivity contribution is 0.103. The maximum Gasteiger partial charge on any atom is 0.269 e. The number of hydrogen-bond acceptors (Lipinski definition) is 5. The van der Waals surface area contributed by atoms with E-state index >= 15 is 0 Å². The first-order valence-electron chi connectivity index (χ1n) is 6.40. The number of hydrogen-bond donors (Lipinski definition) is 3. The number of nitrogens with two attached hydrogens (primary N) is 1. The minimum Gasteiger partial charge on any atom is -0.382 e. The van der Waals surface area contributed by atoms with Crippen LogP contribution in [0, 0.1) is 13.8 Å². The van der Waals surface area contributed by atoms with Crippen molar-refractivity contribution in [2.45, 2.75) is 20.8 Å². The second-order valence-electron chi connectivity index (χ2n) is 4.54. The van der Waals surface area contributed by atoms with Gasteiger partial charge in [0.15, 0.2) is 5.13 Å². The van der Waals surface area contributed by atoms with Crippen molar-refractivity contribution in [2.24, 2.45) is 0 Å². The molecule has 2 rings (SSSR count). The molecular weight excluding hydrogens is 272 g/mol. The third-order valence-corrected chi connectivity index (χ3v) is 3.85. The van der Waals surface area contributed by atoms with E-state index in [-0.39, 0.29) is 11.7 Å². The fraction of sp³-hybridized carbons (Fsp3) is 0.286. The van der Waals surface area contributed by atoms with Gasteiger partial charge < -0.3 is 16.4 Å². The number of thiazole rings is 1. The number of nitrogen functional groups attached to an aromatic ring is 1. The van der Waals surface area contributed by atoms with Crippen LogP contribution in [0.1, 0.15) is 27.7 Å². The van der Waals surface area contributed by atoms with Gasteiger partial charge >= 0.3 is 0 Å². The van der Waals surface area contributed by atoms with E-state index in [1.54, 1.807) is 0 Å². The summed E-state index contributed by atoms with van der Waals surface area (Å²) in [6.45, 7) is 6.68. The zero-order valence-electron chi connectivity index (χ0n) is 11.8. The second kappa shape index (κ2) is 5.92. The maximum absolute atomic E-state index is 12.2. The molecule has 106 valence electrons. The lowest BCUT2D eigenvalue weighted by Crippen LogP contribution is -2.13. The number of carbonyl (C=O) groups excluding carboxylic acids is 1. The molecule has 2 aromatic rings. The highest BCUT2D eigenvalue weighted by atomic mass is 32.1. The van der Waals surface area contributed by atoms with E-state index < -0.39 is 0 Å². The summed E-state index contributed by atoms with van der Waals surface area (Å²) in [4.78, 5) is 16.8. The molecule has 0 radical (unpaired) electrons. The molecule has 0 fully saturated rings. The van der Waals surface area contributed by atoms with E-state index in [9.17, 15) is 4.79 Å². The monoisotopic (exact) mass is 290 g/mol. The molecule has 0 saturated heterocycles. The number of nitrogens with zero attached hydrogens (tertiary/aromatic N) is 1. The van der Waals surface area contributed by atoms with Crippen molar-refractivity contribution in [3.05, 3.63) is 34.2 Å². The van der Waals surface area contributed by atoms with Crippen LogP contribution in [0.25, 0.3) is 0 Å². The Morgan fingerprint density at radius 3 is 2.80 bits per heavy atom. The van der Waals surface area contributed by atoms with E-state index in [2.05, 4.69) is 15.6 Å². The Bertz CT molecular complexity index is 636. The minimum absolute atomic E-state index is 0.226. The molecule has 4 N–H and O–H groups in total. The number of anilines is 3. The molecule has 1 heterocycles. The maximum atomic E-state index is 12.2. The molecule has 6 heteroatoms. The molecule has 20 heavy (non-hydrogen) atoms. The van der Waals surface area contributed by atoms with E-state index in [4.69, 9.17) is 5.73 Å². The van der Waals surface area contributed by atoms with Gasteiger partial charge in [-0.15, -0.1) is 0 Å².